The van der Waals surface area contributed by atoms with E-state index in [2.05, 4.69) is 29.2 Å². The number of benzene rings is 1. The van der Waals surface area contributed by atoms with Gasteiger partial charge in [0.05, 0.1) is 11.7 Å². The van der Waals surface area contributed by atoms with Crippen molar-refractivity contribution in [2.75, 3.05) is 11.9 Å². The summed E-state index contributed by atoms with van der Waals surface area (Å²) in [6, 6.07) is 13.0. The summed E-state index contributed by atoms with van der Waals surface area (Å²) in [4.78, 5) is 33.3. The molecule has 2 aliphatic rings. The van der Waals surface area contributed by atoms with Crippen LogP contribution in [0.1, 0.15) is 59.5 Å². The molecule has 1 aromatic carbocycles. The van der Waals surface area contributed by atoms with Gasteiger partial charge in [0.15, 0.2) is 0 Å². The molecule has 3 aromatic rings. The molecule has 0 aliphatic carbocycles. The van der Waals surface area contributed by atoms with Crippen molar-refractivity contribution in [2.24, 2.45) is 7.05 Å². The highest BCUT2D eigenvalue weighted by Gasteiger charge is 2.59. The van der Waals surface area contributed by atoms with E-state index in [4.69, 9.17) is 0 Å². The Hall–Kier alpha value is -3.48. The minimum atomic E-state index is -0.839. The summed E-state index contributed by atoms with van der Waals surface area (Å²) in [5.74, 6) is 0.0369. The maximum Gasteiger partial charge on any atom is 0.272 e. The zero-order chi connectivity index (χ0) is 21.8. The lowest BCUT2D eigenvalue weighted by Gasteiger charge is -2.34. The van der Waals surface area contributed by atoms with Crippen LogP contribution in [-0.2, 0) is 17.3 Å². The monoisotopic (exact) mass is 415 g/mol. The summed E-state index contributed by atoms with van der Waals surface area (Å²) in [5, 5.41) is 7.56. The molecular formula is C24H25N5O2. The van der Waals surface area contributed by atoms with Crippen molar-refractivity contribution in [1.82, 2.24) is 19.7 Å². The first kappa shape index (κ1) is 19.5. The fourth-order valence-corrected chi connectivity index (χ4v) is 5.03. The molecule has 5 rings (SSSR count). The van der Waals surface area contributed by atoms with Crippen LogP contribution < -0.4 is 5.32 Å². The second-order valence-electron chi connectivity index (χ2n) is 8.64. The lowest BCUT2D eigenvalue weighted by atomic mass is 9.73. The summed E-state index contributed by atoms with van der Waals surface area (Å²) in [6.07, 6.45) is 4.01. The highest BCUT2D eigenvalue weighted by molar-refractivity contribution is 6.08. The second-order valence-corrected chi connectivity index (χ2v) is 8.64. The summed E-state index contributed by atoms with van der Waals surface area (Å²) >= 11 is 0. The van der Waals surface area contributed by atoms with E-state index in [0.29, 0.717) is 18.7 Å². The molecule has 2 amide bonds. The molecule has 0 bridgehead atoms. The number of aryl methyl sites for hydroxylation is 1. The molecule has 2 aromatic heterocycles. The predicted molar refractivity (Wildman–Crippen MR) is 117 cm³/mol. The number of nitrogens with zero attached hydrogens (tertiary/aromatic N) is 4. The van der Waals surface area contributed by atoms with Gasteiger partial charge in [-0.15, -0.1) is 0 Å². The zero-order valence-electron chi connectivity index (χ0n) is 17.9. The van der Waals surface area contributed by atoms with Crippen molar-refractivity contribution in [2.45, 2.75) is 37.6 Å². The van der Waals surface area contributed by atoms with Gasteiger partial charge >= 0.3 is 0 Å². The summed E-state index contributed by atoms with van der Waals surface area (Å²) < 4.78 is 1.64. The molecular weight excluding hydrogens is 390 g/mol. The van der Waals surface area contributed by atoms with Gasteiger partial charge < -0.3 is 10.2 Å². The predicted octanol–water partition coefficient (Wildman–Crippen LogP) is 3.42. The molecule has 2 unspecified atom stereocenters. The van der Waals surface area contributed by atoms with Crippen LogP contribution in [0, 0.1) is 0 Å². The third kappa shape index (κ3) is 2.80. The summed E-state index contributed by atoms with van der Waals surface area (Å²) in [6.45, 7) is 4.59. The number of para-hydroxylation sites is 1. The van der Waals surface area contributed by atoms with Gasteiger partial charge in [-0.1, -0.05) is 38.1 Å². The molecule has 158 valence electrons. The number of fused-ring (bicyclic) bond motifs is 2. The average Bonchev–Trinajstić information content (AvgIpc) is 3.44. The van der Waals surface area contributed by atoms with E-state index < -0.39 is 11.5 Å². The number of aromatic nitrogens is 3. The van der Waals surface area contributed by atoms with Crippen molar-refractivity contribution in [3.8, 4) is 0 Å². The van der Waals surface area contributed by atoms with Crippen molar-refractivity contribution in [3.05, 3.63) is 77.4 Å². The smallest absolute Gasteiger partial charge is 0.272 e. The Morgan fingerprint density at radius 3 is 2.74 bits per heavy atom. The Balaban J connectivity index is 1.64. The van der Waals surface area contributed by atoms with Crippen LogP contribution in [-0.4, -0.2) is 38.0 Å². The highest BCUT2D eigenvalue weighted by atomic mass is 16.2. The van der Waals surface area contributed by atoms with Gasteiger partial charge in [0.25, 0.3) is 5.91 Å². The molecule has 1 spiro atoms. The van der Waals surface area contributed by atoms with E-state index in [-0.39, 0.29) is 17.7 Å². The fraction of sp³-hybridized carbons (Fsp3) is 0.333. The molecule has 1 fully saturated rings. The quantitative estimate of drug-likeness (QED) is 0.711. The van der Waals surface area contributed by atoms with Crippen LogP contribution in [0.4, 0.5) is 5.69 Å². The van der Waals surface area contributed by atoms with Gasteiger partial charge in [0.1, 0.15) is 11.1 Å². The number of hydrogen-bond donors (Lipinski definition) is 1. The minimum absolute atomic E-state index is 0.0641. The zero-order valence-corrected chi connectivity index (χ0v) is 17.9. The van der Waals surface area contributed by atoms with Crippen molar-refractivity contribution < 1.29 is 9.59 Å². The summed E-state index contributed by atoms with van der Waals surface area (Å²) in [5.41, 5.74) is 3.18. The van der Waals surface area contributed by atoms with Crippen LogP contribution in [0.15, 0.2) is 54.9 Å². The van der Waals surface area contributed by atoms with E-state index in [1.165, 1.54) is 0 Å². The normalized spacial score (nSPS) is 22.3. The number of nitrogens with one attached hydrogen (secondary N) is 1. The lowest BCUT2D eigenvalue weighted by Crippen LogP contribution is -2.43. The Morgan fingerprint density at radius 1 is 1.23 bits per heavy atom. The number of anilines is 1. The number of hydrogen-bond acceptors (Lipinski definition) is 4. The third-order valence-corrected chi connectivity index (χ3v) is 6.56. The SMILES string of the molecule is CC(C)c1cc(C(=O)N2CCC3(C(=O)Nc4ccccc43)C2c2cccnc2)n(C)n1. The standard InChI is InChI=1S/C24H25N5O2/c1-15(2)19-13-20(28(3)27-19)22(30)29-12-10-24(21(29)16-7-6-11-25-14-16)17-8-4-5-9-18(17)26-23(24)31/h4-9,11,13-15,21H,10,12H2,1-3H3,(H,26,31). The molecule has 1 saturated heterocycles. The van der Waals surface area contributed by atoms with Crippen molar-refractivity contribution in [3.63, 3.8) is 0 Å². The minimum Gasteiger partial charge on any atom is -0.329 e. The first-order valence-electron chi connectivity index (χ1n) is 10.6. The van der Waals surface area contributed by atoms with E-state index in [9.17, 15) is 9.59 Å². The Kier molecular flexibility index (Phi) is 4.43. The first-order valence-corrected chi connectivity index (χ1v) is 10.6. The van der Waals surface area contributed by atoms with E-state index >= 15 is 0 Å². The van der Waals surface area contributed by atoms with Gasteiger partial charge in [0, 0.05) is 31.7 Å². The maximum absolute atomic E-state index is 13.8. The molecule has 2 aliphatic heterocycles. The molecule has 7 heteroatoms. The van der Waals surface area contributed by atoms with E-state index in [1.807, 2.05) is 47.4 Å². The Bertz CT molecular complexity index is 1170. The molecule has 0 radical (unpaired) electrons. The maximum atomic E-state index is 13.8. The van der Waals surface area contributed by atoms with Gasteiger partial charge in [-0.2, -0.15) is 5.10 Å². The van der Waals surface area contributed by atoms with Crippen LogP contribution in [0.25, 0.3) is 0 Å². The highest BCUT2D eigenvalue weighted by Crippen LogP contribution is 2.54. The number of rotatable bonds is 3. The van der Waals surface area contributed by atoms with E-state index in [0.717, 1.165) is 22.5 Å². The number of carbonyl (C=O) groups is 2. The summed E-state index contributed by atoms with van der Waals surface area (Å²) in [7, 11) is 1.79. The third-order valence-electron chi connectivity index (χ3n) is 6.56. The Labute approximate surface area is 181 Å². The average molecular weight is 415 g/mol. The van der Waals surface area contributed by atoms with Crippen LogP contribution in [0.2, 0.25) is 0 Å². The van der Waals surface area contributed by atoms with Crippen LogP contribution in [0.5, 0.6) is 0 Å². The largest absolute Gasteiger partial charge is 0.329 e. The fourth-order valence-electron chi connectivity index (χ4n) is 5.03. The lowest BCUT2D eigenvalue weighted by molar-refractivity contribution is -0.121. The van der Waals surface area contributed by atoms with Gasteiger partial charge in [-0.25, -0.2) is 0 Å². The number of pyridine rings is 1. The van der Waals surface area contributed by atoms with Gasteiger partial charge in [-0.05, 0) is 41.7 Å². The molecule has 0 saturated carbocycles. The topological polar surface area (TPSA) is 80.1 Å². The van der Waals surface area contributed by atoms with Crippen molar-refractivity contribution >= 4 is 17.5 Å². The number of likely N-dealkylation sites (tertiary alicyclic amines) is 1. The van der Waals surface area contributed by atoms with Crippen LogP contribution in [0.3, 0.4) is 0 Å². The van der Waals surface area contributed by atoms with Gasteiger partial charge in [-0.3, -0.25) is 19.3 Å². The number of amides is 2. The van der Waals surface area contributed by atoms with Crippen LogP contribution >= 0.6 is 0 Å². The molecule has 4 heterocycles. The van der Waals surface area contributed by atoms with E-state index in [1.54, 1.807) is 24.1 Å². The molecule has 31 heavy (non-hydrogen) atoms. The van der Waals surface area contributed by atoms with Gasteiger partial charge in [0.2, 0.25) is 5.91 Å². The van der Waals surface area contributed by atoms with Crippen molar-refractivity contribution in [1.29, 1.82) is 0 Å². The first-order chi connectivity index (χ1) is 14.9. The molecule has 1 N–H and O–H groups in total. The molecule has 7 nitrogen and oxygen atoms in total. The Morgan fingerprint density at radius 2 is 2.03 bits per heavy atom. The number of carbonyl (C=O) groups excluding carboxylic acids is 2. The molecule has 2 atom stereocenters. The second kappa shape index (κ2) is 7.04.